The van der Waals surface area contributed by atoms with Gasteiger partial charge in [0.25, 0.3) is 0 Å². The van der Waals surface area contributed by atoms with E-state index in [4.69, 9.17) is 0 Å². The summed E-state index contributed by atoms with van der Waals surface area (Å²) in [6.07, 6.45) is 7.95. The molecule has 5 nitrogen and oxygen atoms in total. The predicted octanol–water partition coefficient (Wildman–Crippen LogP) is 0.946. The summed E-state index contributed by atoms with van der Waals surface area (Å²) < 4.78 is 1.86. The molecule has 0 aliphatic heterocycles. The van der Waals surface area contributed by atoms with E-state index in [0.29, 0.717) is 0 Å². The maximum Gasteiger partial charge on any atom is 0.203 e. The summed E-state index contributed by atoms with van der Waals surface area (Å²) in [4.78, 5) is 4.24. The molecule has 0 amide bonds. The summed E-state index contributed by atoms with van der Waals surface area (Å²) in [6, 6.07) is 0. The summed E-state index contributed by atoms with van der Waals surface area (Å²) in [7, 11) is 0. The first-order valence-corrected chi connectivity index (χ1v) is 4.82. The third kappa shape index (κ3) is 1.30. The van der Waals surface area contributed by atoms with Crippen LogP contribution in [0.25, 0.3) is 5.65 Å². The highest BCUT2D eigenvalue weighted by Gasteiger charge is 2.21. The van der Waals surface area contributed by atoms with Gasteiger partial charge in [-0.05, 0) is 18.8 Å². The molecule has 5 heteroatoms. The molecule has 2 aromatic heterocycles. The Morgan fingerprint density at radius 1 is 1.50 bits per heavy atom. The smallest absolute Gasteiger partial charge is 0.203 e. The zero-order valence-corrected chi connectivity index (χ0v) is 7.72. The summed E-state index contributed by atoms with van der Waals surface area (Å²) in [5, 5.41) is 11.1. The van der Waals surface area contributed by atoms with E-state index in [1.165, 1.54) is 12.8 Å². The number of hydrogen-bond acceptors (Lipinski definition) is 4. The minimum atomic E-state index is 0.799. The molecule has 72 valence electrons. The molecule has 0 unspecified atom stereocenters. The Labute approximate surface area is 81.2 Å². The molecule has 0 spiro atoms. The third-order valence-electron chi connectivity index (χ3n) is 2.47. The maximum absolute atomic E-state index is 4.24. The van der Waals surface area contributed by atoms with Crippen molar-refractivity contribution in [2.24, 2.45) is 5.92 Å². The van der Waals surface area contributed by atoms with Crippen molar-refractivity contribution in [3.05, 3.63) is 18.7 Å². The van der Waals surface area contributed by atoms with Gasteiger partial charge in [0.2, 0.25) is 5.65 Å². The Kier molecular flexibility index (Phi) is 1.62. The zero-order valence-electron chi connectivity index (χ0n) is 7.72. The first-order valence-electron chi connectivity index (χ1n) is 4.82. The predicted molar refractivity (Wildman–Crippen MR) is 52.0 cm³/mol. The second kappa shape index (κ2) is 2.94. The van der Waals surface area contributed by atoms with Gasteiger partial charge < -0.3 is 5.32 Å². The van der Waals surface area contributed by atoms with Crippen LogP contribution in [-0.2, 0) is 0 Å². The highest BCUT2D eigenvalue weighted by Crippen LogP contribution is 2.28. The summed E-state index contributed by atoms with van der Waals surface area (Å²) in [5.74, 6) is 1.66. The molecule has 2 heterocycles. The van der Waals surface area contributed by atoms with Crippen molar-refractivity contribution < 1.29 is 0 Å². The van der Waals surface area contributed by atoms with E-state index >= 15 is 0 Å². The number of hydrogen-bond donors (Lipinski definition) is 1. The fourth-order valence-electron chi connectivity index (χ4n) is 1.45. The molecular formula is C9H11N5. The highest BCUT2D eigenvalue weighted by atomic mass is 15.2. The molecule has 1 N–H and O–H groups in total. The number of aromatic nitrogens is 4. The SMILES string of the molecule is c1cn2cnnc2c(NCC2CC2)n1. The minimum absolute atomic E-state index is 0.799. The Morgan fingerprint density at radius 3 is 3.29 bits per heavy atom. The van der Waals surface area contributed by atoms with Crippen molar-refractivity contribution in [3.63, 3.8) is 0 Å². The Morgan fingerprint density at radius 2 is 2.43 bits per heavy atom. The molecule has 0 atom stereocenters. The first kappa shape index (κ1) is 7.73. The van der Waals surface area contributed by atoms with Gasteiger partial charge in [0.15, 0.2) is 5.82 Å². The zero-order chi connectivity index (χ0) is 9.38. The van der Waals surface area contributed by atoms with Crippen LogP contribution in [0.3, 0.4) is 0 Å². The van der Waals surface area contributed by atoms with Crippen molar-refractivity contribution in [2.75, 3.05) is 11.9 Å². The normalized spacial score (nSPS) is 16.0. The Balaban J connectivity index is 1.89. The summed E-state index contributed by atoms with van der Waals surface area (Å²) in [6.45, 7) is 1.000. The molecule has 0 radical (unpaired) electrons. The number of nitrogens with zero attached hydrogens (tertiary/aromatic N) is 4. The third-order valence-corrected chi connectivity index (χ3v) is 2.47. The fourth-order valence-corrected chi connectivity index (χ4v) is 1.45. The van der Waals surface area contributed by atoms with Gasteiger partial charge in [-0.15, -0.1) is 10.2 Å². The van der Waals surface area contributed by atoms with E-state index in [9.17, 15) is 0 Å². The van der Waals surface area contributed by atoms with E-state index in [1.54, 1.807) is 12.5 Å². The lowest BCUT2D eigenvalue weighted by Crippen LogP contribution is -2.06. The first-order chi connectivity index (χ1) is 6.93. The van der Waals surface area contributed by atoms with Crippen molar-refractivity contribution in [1.82, 2.24) is 19.6 Å². The molecule has 1 fully saturated rings. The monoisotopic (exact) mass is 189 g/mol. The number of rotatable bonds is 3. The van der Waals surface area contributed by atoms with Crippen LogP contribution in [0.15, 0.2) is 18.7 Å². The Hall–Kier alpha value is -1.65. The van der Waals surface area contributed by atoms with Crippen LogP contribution in [0.5, 0.6) is 0 Å². The lowest BCUT2D eigenvalue weighted by Gasteiger charge is -2.03. The second-order valence-corrected chi connectivity index (χ2v) is 3.66. The standard InChI is InChI=1S/C9H11N5/c1-2-7(1)5-11-8-9-13-12-6-14(9)4-3-10-8/h3-4,6-7H,1-2,5H2,(H,10,11). The maximum atomic E-state index is 4.24. The molecule has 0 bridgehead atoms. The molecule has 0 aromatic carbocycles. The van der Waals surface area contributed by atoms with Crippen LogP contribution in [0.2, 0.25) is 0 Å². The minimum Gasteiger partial charge on any atom is -0.367 e. The van der Waals surface area contributed by atoms with Crippen LogP contribution in [0, 0.1) is 5.92 Å². The molecule has 1 aliphatic carbocycles. The fraction of sp³-hybridized carbons (Fsp3) is 0.444. The van der Waals surface area contributed by atoms with Crippen molar-refractivity contribution in [2.45, 2.75) is 12.8 Å². The van der Waals surface area contributed by atoms with Gasteiger partial charge in [0.05, 0.1) is 0 Å². The molecule has 0 saturated heterocycles. The van der Waals surface area contributed by atoms with Crippen LogP contribution in [0.4, 0.5) is 5.82 Å². The van der Waals surface area contributed by atoms with Crippen molar-refractivity contribution >= 4 is 11.5 Å². The van der Waals surface area contributed by atoms with E-state index < -0.39 is 0 Å². The van der Waals surface area contributed by atoms with Gasteiger partial charge in [-0.2, -0.15) is 0 Å². The molecule has 14 heavy (non-hydrogen) atoms. The van der Waals surface area contributed by atoms with Gasteiger partial charge in [0.1, 0.15) is 6.33 Å². The van der Waals surface area contributed by atoms with Gasteiger partial charge in [-0.3, -0.25) is 4.40 Å². The average Bonchev–Trinajstić information content (AvgIpc) is 2.91. The van der Waals surface area contributed by atoms with Crippen LogP contribution in [-0.4, -0.2) is 26.1 Å². The quantitative estimate of drug-likeness (QED) is 0.780. The van der Waals surface area contributed by atoms with Crippen LogP contribution >= 0.6 is 0 Å². The summed E-state index contributed by atoms with van der Waals surface area (Å²) >= 11 is 0. The van der Waals surface area contributed by atoms with Crippen molar-refractivity contribution in [3.8, 4) is 0 Å². The van der Waals surface area contributed by atoms with Crippen LogP contribution in [0.1, 0.15) is 12.8 Å². The number of anilines is 1. The lowest BCUT2D eigenvalue weighted by molar-refractivity contribution is 0.881. The lowest BCUT2D eigenvalue weighted by atomic mass is 10.4. The number of nitrogens with one attached hydrogen (secondary N) is 1. The van der Waals surface area contributed by atoms with Gasteiger partial charge >= 0.3 is 0 Å². The topological polar surface area (TPSA) is 55.1 Å². The van der Waals surface area contributed by atoms with E-state index in [1.807, 2.05) is 10.6 Å². The Bertz CT molecular complexity index is 445. The second-order valence-electron chi connectivity index (χ2n) is 3.66. The molecular weight excluding hydrogens is 178 g/mol. The van der Waals surface area contributed by atoms with Crippen LogP contribution < -0.4 is 5.32 Å². The van der Waals surface area contributed by atoms with Gasteiger partial charge in [-0.1, -0.05) is 0 Å². The average molecular weight is 189 g/mol. The largest absolute Gasteiger partial charge is 0.367 e. The van der Waals surface area contributed by atoms with E-state index in [-0.39, 0.29) is 0 Å². The van der Waals surface area contributed by atoms with Gasteiger partial charge in [-0.25, -0.2) is 4.98 Å². The highest BCUT2D eigenvalue weighted by molar-refractivity contribution is 5.61. The molecule has 3 rings (SSSR count). The van der Waals surface area contributed by atoms with Gasteiger partial charge in [0, 0.05) is 18.9 Å². The van der Waals surface area contributed by atoms with E-state index in [2.05, 4.69) is 20.5 Å². The molecule has 1 saturated carbocycles. The van der Waals surface area contributed by atoms with Crippen molar-refractivity contribution in [1.29, 1.82) is 0 Å². The number of fused-ring (bicyclic) bond motifs is 1. The van der Waals surface area contributed by atoms with E-state index in [0.717, 1.165) is 23.9 Å². The molecule has 2 aromatic rings. The molecule has 1 aliphatic rings. The summed E-state index contributed by atoms with van der Waals surface area (Å²) in [5.41, 5.74) is 0.799.